The molecule has 0 aromatic heterocycles. The smallest absolute Gasteiger partial charge is 0.0690 e. The monoisotopic (exact) mass is 281 g/mol. The van der Waals surface area contributed by atoms with Crippen LogP contribution in [0, 0.1) is 0 Å². The zero-order valence-electron chi connectivity index (χ0n) is 13.7. The van der Waals surface area contributed by atoms with E-state index in [4.69, 9.17) is 5.21 Å². The maximum absolute atomic E-state index is 8.71. The Balaban J connectivity index is 3.67. The fourth-order valence-electron chi connectivity index (χ4n) is 2.44. The van der Waals surface area contributed by atoms with E-state index in [2.05, 4.69) is 25.1 Å². The molecule has 0 aliphatic rings. The molecular weight excluding hydrogens is 246 g/mol. The van der Waals surface area contributed by atoms with Crippen LogP contribution in [0.5, 0.6) is 0 Å². The van der Waals surface area contributed by atoms with Gasteiger partial charge in [0.25, 0.3) is 0 Å². The van der Waals surface area contributed by atoms with E-state index < -0.39 is 0 Å². The first-order chi connectivity index (χ1) is 9.85. The average molecular weight is 281 g/mol. The molecule has 0 saturated heterocycles. The van der Waals surface area contributed by atoms with Gasteiger partial charge in [-0.05, 0) is 31.3 Å². The highest BCUT2D eigenvalue weighted by Crippen LogP contribution is 2.13. The highest BCUT2D eigenvalue weighted by Gasteiger charge is 1.96. The fraction of sp³-hybridized carbons (Fsp3) is 0.833. The maximum Gasteiger partial charge on any atom is 0.0690 e. The van der Waals surface area contributed by atoms with E-state index in [0.29, 0.717) is 0 Å². The summed E-state index contributed by atoms with van der Waals surface area (Å²) in [5.41, 5.74) is 1.21. The van der Waals surface area contributed by atoms with Gasteiger partial charge in [0.05, 0.1) is 6.21 Å². The SMILES string of the molecule is CCCCCCCCC=C(C=NO)CCCCCCC. The standard InChI is InChI=1S/C18H35NO/c1-3-5-7-9-10-12-14-16-18(17-19-20)15-13-11-8-6-4-2/h16-17,20H,3-15H2,1-2H3. The highest BCUT2D eigenvalue weighted by atomic mass is 16.4. The molecule has 2 heteroatoms. The average Bonchev–Trinajstić information content (AvgIpc) is 2.46. The summed E-state index contributed by atoms with van der Waals surface area (Å²) in [6.45, 7) is 4.49. The minimum atomic E-state index is 1.06. The quantitative estimate of drug-likeness (QED) is 0.168. The Morgan fingerprint density at radius 3 is 1.95 bits per heavy atom. The van der Waals surface area contributed by atoms with Gasteiger partial charge in [-0.25, -0.2) is 0 Å². The summed E-state index contributed by atoms with van der Waals surface area (Å²) in [5.74, 6) is 0. The van der Waals surface area contributed by atoms with E-state index in [-0.39, 0.29) is 0 Å². The molecule has 0 aromatic carbocycles. The lowest BCUT2D eigenvalue weighted by molar-refractivity contribution is 0.321. The number of hydrogen-bond donors (Lipinski definition) is 1. The molecule has 1 N–H and O–H groups in total. The summed E-state index contributed by atoms with van der Waals surface area (Å²) < 4.78 is 0. The Kier molecular flexibility index (Phi) is 15.6. The van der Waals surface area contributed by atoms with Crippen LogP contribution in [-0.2, 0) is 0 Å². The van der Waals surface area contributed by atoms with Crippen LogP contribution in [0.15, 0.2) is 16.8 Å². The van der Waals surface area contributed by atoms with Crippen molar-refractivity contribution in [2.24, 2.45) is 5.16 Å². The Hall–Kier alpha value is -0.790. The van der Waals surface area contributed by atoms with Gasteiger partial charge in [0.1, 0.15) is 0 Å². The number of hydrogen-bond acceptors (Lipinski definition) is 2. The molecule has 0 unspecified atom stereocenters. The predicted octanol–water partition coefficient (Wildman–Crippen LogP) is 6.48. The summed E-state index contributed by atoms with van der Waals surface area (Å²) in [6, 6.07) is 0. The van der Waals surface area contributed by atoms with Crippen molar-refractivity contribution in [3.05, 3.63) is 11.6 Å². The van der Waals surface area contributed by atoms with Crippen molar-refractivity contribution in [2.75, 3.05) is 0 Å². The lowest BCUT2D eigenvalue weighted by atomic mass is 10.0. The molecule has 0 fully saturated rings. The molecule has 2 nitrogen and oxygen atoms in total. The third-order valence-electron chi connectivity index (χ3n) is 3.76. The van der Waals surface area contributed by atoms with Gasteiger partial charge in [0.15, 0.2) is 0 Å². The molecule has 0 radical (unpaired) electrons. The van der Waals surface area contributed by atoms with E-state index in [1.165, 1.54) is 76.2 Å². The van der Waals surface area contributed by atoms with Crippen molar-refractivity contribution in [2.45, 2.75) is 97.3 Å². The molecular formula is C18H35NO. The lowest BCUT2D eigenvalue weighted by Gasteiger charge is -2.03. The van der Waals surface area contributed by atoms with Crippen LogP contribution in [-0.4, -0.2) is 11.4 Å². The molecule has 0 atom stereocenters. The lowest BCUT2D eigenvalue weighted by Crippen LogP contribution is -1.88. The maximum atomic E-state index is 8.71. The van der Waals surface area contributed by atoms with Gasteiger partial charge in [0, 0.05) is 0 Å². The topological polar surface area (TPSA) is 32.6 Å². The van der Waals surface area contributed by atoms with Crippen LogP contribution in [0.1, 0.15) is 97.3 Å². The summed E-state index contributed by atoms with van der Waals surface area (Å²) in [4.78, 5) is 0. The second kappa shape index (κ2) is 16.3. The summed E-state index contributed by atoms with van der Waals surface area (Å²) >= 11 is 0. The van der Waals surface area contributed by atoms with E-state index >= 15 is 0 Å². The van der Waals surface area contributed by atoms with Crippen molar-refractivity contribution in [1.29, 1.82) is 0 Å². The first-order valence-electron chi connectivity index (χ1n) is 8.71. The van der Waals surface area contributed by atoms with Crippen LogP contribution in [0.4, 0.5) is 0 Å². The molecule has 0 aromatic rings. The first-order valence-corrected chi connectivity index (χ1v) is 8.71. The highest BCUT2D eigenvalue weighted by molar-refractivity contribution is 5.77. The Morgan fingerprint density at radius 2 is 1.35 bits per heavy atom. The third kappa shape index (κ3) is 13.6. The van der Waals surface area contributed by atoms with E-state index in [1.807, 2.05) is 0 Å². The first kappa shape index (κ1) is 19.2. The van der Waals surface area contributed by atoms with E-state index in [9.17, 15) is 0 Å². The molecule has 20 heavy (non-hydrogen) atoms. The van der Waals surface area contributed by atoms with Gasteiger partial charge in [-0.15, -0.1) is 0 Å². The summed E-state index contributed by atoms with van der Waals surface area (Å²) in [7, 11) is 0. The van der Waals surface area contributed by atoms with Gasteiger partial charge in [0.2, 0.25) is 0 Å². The largest absolute Gasteiger partial charge is 0.411 e. The van der Waals surface area contributed by atoms with Crippen molar-refractivity contribution < 1.29 is 5.21 Å². The summed E-state index contributed by atoms with van der Waals surface area (Å²) in [5, 5.41) is 11.9. The number of unbranched alkanes of at least 4 members (excludes halogenated alkanes) is 10. The molecule has 0 aliphatic carbocycles. The van der Waals surface area contributed by atoms with Crippen molar-refractivity contribution >= 4 is 6.21 Å². The van der Waals surface area contributed by atoms with Crippen LogP contribution in [0.3, 0.4) is 0 Å². The molecule has 118 valence electrons. The van der Waals surface area contributed by atoms with Crippen LogP contribution in [0.25, 0.3) is 0 Å². The Morgan fingerprint density at radius 1 is 0.800 bits per heavy atom. The fourth-order valence-corrected chi connectivity index (χ4v) is 2.44. The van der Waals surface area contributed by atoms with Crippen LogP contribution >= 0.6 is 0 Å². The zero-order chi connectivity index (χ0) is 14.9. The van der Waals surface area contributed by atoms with Crippen molar-refractivity contribution in [3.8, 4) is 0 Å². The molecule has 0 rings (SSSR count). The van der Waals surface area contributed by atoms with E-state index in [0.717, 1.165) is 12.8 Å². The second-order valence-electron chi connectivity index (χ2n) is 5.74. The third-order valence-corrected chi connectivity index (χ3v) is 3.76. The Bertz CT molecular complexity index is 246. The van der Waals surface area contributed by atoms with Crippen molar-refractivity contribution in [3.63, 3.8) is 0 Å². The predicted molar refractivity (Wildman–Crippen MR) is 89.7 cm³/mol. The number of oxime groups is 1. The molecule has 0 heterocycles. The van der Waals surface area contributed by atoms with Gasteiger partial charge in [-0.3, -0.25) is 0 Å². The normalized spacial score (nSPS) is 12.4. The number of rotatable bonds is 14. The zero-order valence-corrected chi connectivity index (χ0v) is 13.7. The number of nitrogens with zero attached hydrogens (tertiary/aromatic N) is 1. The molecule has 0 amide bonds. The molecule has 0 bridgehead atoms. The van der Waals surface area contributed by atoms with Crippen LogP contribution in [0.2, 0.25) is 0 Å². The van der Waals surface area contributed by atoms with Gasteiger partial charge in [-0.2, -0.15) is 0 Å². The Labute approximate surface area is 126 Å². The molecule has 0 saturated carbocycles. The van der Waals surface area contributed by atoms with Gasteiger partial charge in [-0.1, -0.05) is 82.9 Å². The van der Waals surface area contributed by atoms with Crippen LogP contribution < -0.4 is 0 Å². The minimum Gasteiger partial charge on any atom is -0.411 e. The van der Waals surface area contributed by atoms with Crippen molar-refractivity contribution in [1.82, 2.24) is 0 Å². The van der Waals surface area contributed by atoms with Gasteiger partial charge < -0.3 is 5.21 Å². The minimum absolute atomic E-state index is 1.06. The summed E-state index contributed by atoms with van der Waals surface area (Å²) in [6.07, 6.45) is 20.6. The molecule has 0 aliphatic heterocycles. The van der Waals surface area contributed by atoms with Gasteiger partial charge >= 0.3 is 0 Å². The second-order valence-corrected chi connectivity index (χ2v) is 5.74. The molecule has 0 spiro atoms. The number of allylic oxidation sites excluding steroid dienone is 2. The van der Waals surface area contributed by atoms with E-state index in [1.54, 1.807) is 6.21 Å².